The number of aliphatic carboxylic acids is 1. The second kappa shape index (κ2) is 16.3. The molecule has 1 aromatic rings. The Hall–Kier alpha value is -3.91. The maximum Gasteiger partial charge on any atom is 0.326 e. The lowest BCUT2D eigenvalue weighted by molar-refractivity contribution is -0.149. The SMILES string of the molecule is NCCCCC(NC(=O)C(Cc1ccc(O)cc1)NC(=O)C(N)CCCN=C(N)N)C(=O)N1CCCC1C(=O)O. The summed E-state index contributed by atoms with van der Waals surface area (Å²) in [7, 11) is 0. The summed E-state index contributed by atoms with van der Waals surface area (Å²) >= 11 is 0. The van der Waals surface area contributed by atoms with Crippen LogP contribution in [0.15, 0.2) is 29.3 Å². The highest BCUT2D eigenvalue weighted by Gasteiger charge is 2.38. The summed E-state index contributed by atoms with van der Waals surface area (Å²) in [5, 5.41) is 24.6. The number of hydrogen-bond acceptors (Lipinski definition) is 8. The fraction of sp³-hybridized carbons (Fsp3) is 0.577. The number of rotatable bonds is 16. The highest BCUT2D eigenvalue weighted by Crippen LogP contribution is 2.20. The lowest BCUT2D eigenvalue weighted by Gasteiger charge is -2.29. The Bertz CT molecular complexity index is 1030. The second-order valence-electron chi connectivity index (χ2n) is 9.86. The molecule has 1 aliphatic heterocycles. The average molecular weight is 563 g/mol. The van der Waals surface area contributed by atoms with Crippen molar-refractivity contribution < 1.29 is 29.4 Å². The lowest BCUT2D eigenvalue weighted by Crippen LogP contribution is -2.57. The van der Waals surface area contributed by atoms with E-state index in [4.69, 9.17) is 22.9 Å². The summed E-state index contributed by atoms with van der Waals surface area (Å²) in [6.45, 7) is 0.972. The first-order chi connectivity index (χ1) is 19.0. The van der Waals surface area contributed by atoms with Gasteiger partial charge in [-0.1, -0.05) is 12.1 Å². The normalized spacial score (nSPS) is 16.9. The van der Waals surface area contributed by atoms with Crippen LogP contribution in [0.2, 0.25) is 0 Å². The average Bonchev–Trinajstić information content (AvgIpc) is 3.41. The summed E-state index contributed by atoms with van der Waals surface area (Å²) in [5.74, 6) is -2.79. The summed E-state index contributed by atoms with van der Waals surface area (Å²) in [4.78, 5) is 56.6. The molecule has 14 heteroatoms. The van der Waals surface area contributed by atoms with E-state index in [-0.39, 0.29) is 37.5 Å². The van der Waals surface area contributed by atoms with Crippen LogP contribution < -0.4 is 33.6 Å². The Morgan fingerprint density at radius 2 is 1.68 bits per heavy atom. The van der Waals surface area contributed by atoms with Crippen LogP contribution in [0.5, 0.6) is 5.75 Å². The van der Waals surface area contributed by atoms with Crippen molar-refractivity contribution in [3.05, 3.63) is 29.8 Å². The quantitative estimate of drug-likeness (QED) is 0.0656. The van der Waals surface area contributed by atoms with Gasteiger partial charge in [-0.25, -0.2) is 4.79 Å². The van der Waals surface area contributed by atoms with Crippen molar-refractivity contribution >= 4 is 29.7 Å². The van der Waals surface area contributed by atoms with Gasteiger partial charge >= 0.3 is 5.97 Å². The third-order valence-corrected chi connectivity index (χ3v) is 6.70. The van der Waals surface area contributed by atoms with Gasteiger partial charge in [0.1, 0.15) is 23.9 Å². The van der Waals surface area contributed by atoms with E-state index in [0.29, 0.717) is 50.8 Å². The number of carbonyl (C=O) groups excluding carboxylic acids is 3. The third-order valence-electron chi connectivity index (χ3n) is 6.70. The molecule has 2 rings (SSSR count). The Kier molecular flexibility index (Phi) is 13.1. The molecule has 40 heavy (non-hydrogen) atoms. The molecule has 222 valence electrons. The first kappa shape index (κ1) is 32.3. The van der Waals surface area contributed by atoms with E-state index in [1.807, 2.05) is 0 Å². The monoisotopic (exact) mass is 562 g/mol. The lowest BCUT2D eigenvalue weighted by atomic mass is 10.0. The highest BCUT2D eigenvalue weighted by molar-refractivity contribution is 5.94. The minimum absolute atomic E-state index is 0.0424. The number of nitrogens with two attached hydrogens (primary N) is 4. The number of likely N-dealkylation sites (tertiary alicyclic amines) is 1. The highest BCUT2D eigenvalue weighted by atomic mass is 16.4. The summed E-state index contributed by atoms with van der Waals surface area (Å²) in [6.07, 6.45) is 3.07. The van der Waals surface area contributed by atoms with Crippen LogP contribution in [0.3, 0.4) is 0 Å². The number of guanidine groups is 1. The number of amides is 3. The molecule has 0 bridgehead atoms. The van der Waals surface area contributed by atoms with Crippen LogP contribution in [-0.4, -0.2) is 88.6 Å². The molecule has 1 fully saturated rings. The zero-order valence-electron chi connectivity index (χ0n) is 22.6. The van der Waals surface area contributed by atoms with Crippen LogP contribution in [0.4, 0.5) is 0 Å². The fourth-order valence-electron chi connectivity index (χ4n) is 4.52. The molecule has 12 N–H and O–H groups in total. The van der Waals surface area contributed by atoms with Crippen molar-refractivity contribution in [3.8, 4) is 5.75 Å². The molecule has 3 amide bonds. The second-order valence-corrected chi connectivity index (χ2v) is 9.86. The number of unbranched alkanes of at least 4 members (excludes halogenated alkanes) is 1. The Morgan fingerprint density at radius 1 is 1.00 bits per heavy atom. The van der Waals surface area contributed by atoms with E-state index in [9.17, 15) is 29.4 Å². The van der Waals surface area contributed by atoms with Crippen molar-refractivity contribution in [1.82, 2.24) is 15.5 Å². The topological polar surface area (TPSA) is 252 Å². The van der Waals surface area contributed by atoms with E-state index in [1.54, 1.807) is 12.1 Å². The van der Waals surface area contributed by atoms with Crippen LogP contribution in [0.25, 0.3) is 0 Å². The number of phenols is 1. The predicted molar refractivity (Wildman–Crippen MR) is 149 cm³/mol. The van der Waals surface area contributed by atoms with Crippen molar-refractivity contribution in [2.45, 2.75) is 75.5 Å². The van der Waals surface area contributed by atoms with E-state index in [2.05, 4.69) is 15.6 Å². The molecule has 0 aromatic heterocycles. The Labute approximate surface area is 233 Å². The Balaban J connectivity index is 2.20. The maximum atomic E-state index is 13.5. The molecule has 0 saturated carbocycles. The number of benzene rings is 1. The number of hydrogen-bond donors (Lipinski definition) is 8. The zero-order valence-corrected chi connectivity index (χ0v) is 22.6. The first-order valence-corrected chi connectivity index (χ1v) is 13.5. The molecule has 0 spiro atoms. The first-order valence-electron chi connectivity index (χ1n) is 13.5. The van der Waals surface area contributed by atoms with Gasteiger partial charge in [-0.05, 0) is 69.2 Å². The number of aromatic hydroxyl groups is 1. The molecule has 4 unspecified atom stereocenters. The van der Waals surface area contributed by atoms with Crippen LogP contribution in [0.1, 0.15) is 50.5 Å². The summed E-state index contributed by atoms with van der Waals surface area (Å²) in [5.41, 5.74) is 22.9. The number of aliphatic imine (C=N–C) groups is 1. The van der Waals surface area contributed by atoms with E-state index >= 15 is 0 Å². The van der Waals surface area contributed by atoms with Crippen LogP contribution >= 0.6 is 0 Å². The van der Waals surface area contributed by atoms with E-state index < -0.39 is 47.9 Å². The number of nitrogens with zero attached hydrogens (tertiary/aromatic N) is 2. The number of carboxylic acid groups (broad SMARTS) is 1. The summed E-state index contributed by atoms with van der Waals surface area (Å²) < 4.78 is 0. The van der Waals surface area contributed by atoms with Gasteiger partial charge < -0.3 is 48.7 Å². The number of carboxylic acids is 1. The Morgan fingerprint density at radius 3 is 2.30 bits per heavy atom. The standard InChI is InChI=1S/C26H42N8O6/c27-12-2-1-6-19(24(38)34-14-4-7-21(34)25(39)40)32-23(37)20(15-16-8-10-17(35)11-9-16)33-22(36)18(28)5-3-13-31-26(29)30/h8-11,18-21,35H,1-7,12-15,27-28H2,(H,32,37)(H,33,36)(H,39,40)(H4,29,30,31). The van der Waals surface area contributed by atoms with Gasteiger partial charge in [-0.3, -0.25) is 19.4 Å². The van der Waals surface area contributed by atoms with Crippen LogP contribution in [-0.2, 0) is 25.6 Å². The van der Waals surface area contributed by atoms with Gasteiger partial charge in [-0.2, -0.15) is 0 Å². The van der Waals surface area contributed by atoms with E-state index in [1.165, 1.54) is 17.0 Å². The molecule has 0 aliphatic carbocycles. The molecule has 1 saturated heterocycles. The zero-order chi connectivity index (χ0) is 29.7. The number of nitrogens with one attached hydrogen (secondary N) is 2. The molecule has 1 heterocycles. The van der Waals surface area contributed by atoms with Gasteiger partial charge in [0, 0.05) is 19.5 Å². The number of phenolic OH excluding ortho intramolecular Hbond substituents is 1. The largest absolute Gasteiger partial charge is 0.508 e. The van der Waals surface area contributed by atoms with Gasteiger partial charge in [0.05, 0.1) is 6.04 Å². The van der Waals surface area contributed by atoms with Gasteiger partial charge in [0.2, 0.25) is 17.7 Å². The van der Waals surface area contributed by atoms with Crippen LogP contribution in [0, 0.1) is 0 Å². The molecule has 0 radical (unpaired) electrons. The molecule has 4 atom stereocenters. The van der Waals surface area contributed by atoms with Crippen molar-refractivity contribution in [1.29, 1.82) is 0 Å². The maximum absolute atomic E-state index is 13.5. The van der Waals surface area contributed by atoms with Gasteiger partial charge in [-0.15, -0.1) is 0 Å². The molecular weight excluding hydrogens is 520 g/mol. The smallest absolute Gasteiger partial charge is 0.326 e. The minimum atomic E-state index is -1.10. The van der Waals surface area contributed by atoms with Crippen molar-refractivity contribution in [3.63, 3.8) is 0 Å². The van der Waals surface area contributed by atoms with Gasteiger partial charge in [0.25, 0.3) is 0 Å². The molecule has 1 aromatic carbocycles. The van der Waals surface area contributed by atoms with Gasteiger partial charge in [0.15, 0.2) is 5.96 Å². The predicted octanol–water partition coefficient (Wildman–Crippen LogP) is -1.51. The molecule has 14 nitrogen and oxygen atoms in total. The number of carbonyl (C=O) groups is 4. The molecular formula is C26H42N8O6. The third kappa shape index (κ3) is 10.3. The van der Waals surface area contributed by atoms with Crippen molar-refractivity contribution in [2.24, 2.45) is 27.9 Å². The van der Waals surface area contributed by atoms with Crippen molar-refractivity contribution in [2.75, 3.05) is 19.6 Å². The fourth-order valence-corrected chi connectivity index (χ4v) is 4.52. The summed E-state index contributed by atoms with van der Waals surface area (Å²) in [6, 6.07) is 2.16. The minimum Gasteiger partial charge on any atom is -0.508 e. The van der Waals surface area contributed by atoms with E-state index in [0.717, 1.165) is 0 Å². The molecule has 1 aliphatic rings.